The Hall–Kier alpha value is -1.22. The molecule has 0 saturated heterocycles. The van der Waals surface area contributed by atoms with Crippen LogP contribution in [0.3, 0.4) is 0 Å². The van der Waals surface area contributed by atoms with E-state index in [2.05, 4.69) is 5.32 Å². The second-order valence-electron chi connectivity index (χ2n) is 4.86. The van der Waals surface area contributed by atoms with Gasteiger partial charge in [0.05, 0.1) is 11.4 Å². The number of nitrogens with one attached hydrogen (secondary N) is 1. The zero-order valence-electron chi connectivity index (χ0n) is 9.56. The Morgan fingerprint density at radius 1 is 1.24 bits per heavy atom. The van der Waals surface area contributed by atoms with Gasteiger partial charge >= 0.3 is 0 Å². The van der Waals surface area contributed by atoms with Crippen molar-refractivity contribution in [3.63, 3.8) is 0 Å². The van der Waals surface area contributed by atoms with Gasteiger partial charge in [0, 0.05) is 5.92 Å². The van der Waals surface area contributed by atoms with Gasteiger partial charge in [0.15, 0.2) is 0 Å². The topological polar surface area (TPSA) is 55.1 Å². The third kappa shape index (κ3) is 2.12. The number of hydrogen-bond donors (Lipinski definition) is 2. The van der Waals surface area contributed by atoms with Crippen molar-refractivity contribution in [1.29, 1.82) is 0 Å². The number of para-hydroxylation sites is 2. The van der Waals surface area contributed by atoms with Crippen LogP contribution >= 0.6 is 12.4 Å². The summed E-state index contributed by atoms with van der Waals surface area (Å²) in [5.74, 6) is 1.73. The smallest absolute Gasteiger partial charge is 0.228 e. The Kier molecular flexibility index (Phi) is 3.29. The van der Waals surface area contributed by atoms with Crippen molar-refractivity contribution < 1.29 is 4.79 Å². The summed E-state index contributed by atoms with van der Waals surface area (Å²) in [4.78, 5) is 12.0. The van der Waals surface area contributed by atoms with Crippen LogP contribution in [0.15, 0.2) is 24.3 Å². The second kappa shape index (κ2) is 4.57. The SMILES string of the molecule is Cl.Nc1ccccc1NC(=O)C1C2CCCC21. The molecule has 2 aliphatic rings. The molecule has 2 atom stereocenters. The second-order valence-corrected chi connectivity index (χ2v) is 4.86. The highest BCUT2D eigenvalue weighted by atomic mass is 35.5. The number of fused-ring (bicyclic) bond motifs is 1. The van der Waals surface area contributed by atoms with Gasteiger partial charge in [0.25, 0.3) is 0 Å². The molecule has 4 heteroatoms. The Balaban J connectivity index is 0.00000108. The molecule has 0 radical (unpaired) electrons. The first kappa shape index (κ1) is 12.2. The lowest BCUT2D eigenvalue weighted by molar-refractivity contribution is -0.118. The third-order valence-corrected chi connectivity index (χ3v) is 3.93. The number of carbonyl (C=O) groups excluding carboxylic acids is 1. The molecule has 1 aromatic rings. The lowest BCUT2D eigenvalue weighted by atomic mass is 10.1. The minimum atomic E-state index is 0. The number of carbonyl (C=O) groups is 1. The summed E-state index contributed by atoms with van der Waals surface area (Å²) in [6.07, 6.45) is 3.76. The number of hydrogen-bond acceptors (Lipinski definition) is 2. The Bertz CT molecular complexity index is 425. The predicted octanol–water partition coefficient (Wildman–Crippen LogP) is 2.68. The van der Waals surface area contributed by atoms with Gasteiger partial charge in [-0.2, -0.15) is 0 Å². The Morgan fingerprint density at radius 2 is 1.88 bits per heavy atom. The highest BCUT2D eigenvalue weighted by Crippen LogP contribution is 2.57. The van der Waals surface area contributed by atoms with Gasteiger partial charge in [0.1, 0.15) is 0 Å². The molecule has 0 bridgehead atoms. The van der Waals surface area contributed by atoms with Crippen molar-refractivity contribution in [3.8, 4) is 0 Å². The molecule has 2 saturated carbocycles. The molecule has 92 valence electrons. The van der Waals surface area contributed by atoms with Crippen LogP contribution in [0.4, 0.5) is 11.4 Å². The van der Waals surface area contributed by atoms with E-state index in [4.69, 9.17) is 5.73 Å². The lowest BCUT2D eigenvalue weighted by Crippen LogP contribution is -2.17. The molecule has 2 unspecified atom stereocenters. The molecule has 2 aliphatic carbocycles. The van der Waals surface area contributed by atoms with Gasteiger partial charge in [-0.1, -0.05) is 18.6 Å². The van der Waals surface area contributed by atoms with E-state index in [1.54, 1.807) is 0 Å². The minimum absolute atomic E-state index is 0. The number of amides is 1. The van der Waals surface area contributed by atoms with Gasteiger partial charge in [-0.05, 0) is 36.8 Å². The molecule has 3 N–H and O–H groups in total. The van der Waals surface area contributed by atoms with Crippen molar-refractivity contribution in [2.45, 2.75) is 19.3 Å². The zero-order chi connectivity index (χ0) is 11.1. The maximum atomic E-state index is 12.0. The standard InChI is InChI=1S/C13H16N2O.ClH/c14-10-6-1-2-7-11(10)15-13(16)12-8-4-3-5-9(8)12;/h1-2,6-9,12H,3-5,14H2,(H,15,16);1H. The van der Waals surface area contributed by atoms with Crippen LogP contribution in [0, 0.1) is 17.8 Å². The van der Waals surface area contributed by atoms with Crippen LogP contribution < -0.4 is 11.1 Å². The van der Waals surface area contributed by atoms with Crippen molar-refractivity contribution in [2.75, 3.05) is 11.1 Å². The molecular formula is C13H17ClN2O. The van der Waals surface area contributed by atoms with Crippen LogP contribution in [0.2, 0.25) is 0 Å². The van der Waals surface area contributed by atoms with Gasteiger partial charge in [-0.3, -0.25) is 4.79 Å². The fourth-order valence-corrected chi connectivity index (χ4v) is 3.04. The van der Waals surface area contributed by atoms with Crippen LogP contribution in [0.25, 0.3) is 0 Å². The van der Waals surface area contributed by atoms with Gasteiger partial charge in [-0.25, -0.2) is 0 Å². The molecule has 17 heavy (non-hydrogen) atoms. The number of halogens is 1. The van der Waals surface area contributed by atoms with Crippen molar-refractivity contribution in [2.24, 2.45) is 17.8 Å². The Labute approximate surface area is 107 Å². The molecule has 2 fully saturated rings. The number of benzene rings is 1. The molecule has 0 aliphatic heterocycles. The maximum absolute atomic E-state index is 12.0. The van der Waals surface area contributed by atoms with E-state index < -0.39 is 0 Å². The van der Waals surface area contributed by atoms with E-state index in [1.807, 2.05) is 24.3 Å². The number of nitrogen functional groups attached to an aromatic ring is 1. The van der Waals surface area contributed by atoms with E-state index in [1.165, 1.54) is 19.3 Å². The predicted molar refractivity (Wildman–Crippen MR) is 71.1 cm³/mol. The minimum Gasteiger partial charge on any atom is -0.397 e. The zero-order valence-corrected chi connectivity index (χ0v) is 10.4. The van der Waals surface area contributed by atoms with E-state index in [0.717, 1.165) is 5.69 Å². The van der Waals surface area contributed by atoms with Crippen LogP contribution in [0.5, 0.6) is 0 Å². The summed E-state index contributed by atoms with van der Waals surface area (Å²) in [5.41, 5.74) is 7.18. The van der Waals surface area contributed by atoms with Crippen molar-refractivity contribution >= 4 is 29.7 Å². The highest BCUT2D eigenvalue weighted by molar-refractivity contribution is 5.97. The van der Waals surface area contributed by atoms with Crippen molar-refractivity contribution in [3.05, 3.63) is 24.3 Å². The van der Waals surface area contributed by atoms with E-state index in [-0.39, 0.29) is 24.2 Å². The number of anilines is 2. The van der Waals surface area contributed by atoms with E-state index in [9.17, 15) is 4.79 Å². The molecular weight excluding hydrogens is 236 g/mol. The molecule has 3 rings (SSSR count). The van der Waals surface area contributed by atoms with Crippen LogP contribution in [-0.2, 0) is 4.79 Å². The van der Waals surface area contributed by atoms with Crippen LogP contribution in [-0.4, -0.2) is 5.91 Å². The fourth-order valence-electron chi connectivity index (χ4n) is 3.04. The third-order valence-electron chi connectivity index (χ3n) is 3.93. The van der Waals surface area contributed by atoms with Crippen molar-refractivity contribution in [1.82, 2.24) is 0 Å². The first-order chi connectivity index (χ1) is 7.77. The monoisotopic (exact) mass is 252 g/mol. The normalized spacial score (nSPS) is 29.1. The molecule has 3 nitrogen and oxygen atoms in total. The molecule has 0 spiro atoms. The summed E-state index contributed by atoms with van der Waals surface area (Å²) >= 11 is 0. The number of nitrogens with two attached hydrogens (primary N) is 1. The van der Waals surface area contributed by atoms with Crippen LogP contribution in [0.1, 0.15) is 19.3 Å². The Morgan fingerprint density at radius 3 is 2.53 bits per heavy atom. The van der Waals surface area contributed by atoms with Gasteiger partial charge in [-0.15, -0.1) is 12.4 Å². The largest absolute Gasteiger partial charge is 0.397 e. The first-order valence-corrected chi connectivity index (χ1v) is 5.93. The number of rotatable bonds is 2. The first-order valence-electron chi connectivity index (χ1n) is 5.93. The quantitative estimate of drug-likeness (QED) is 0.795. The maximum Gasteiger partial charge on any atom is 0.228 e. The van der Waals surface area contributed by atoms with Gasteiger partial charge in [0.2, 0.25) is 5.91 Å². The fraction of sp³-hybridized carbons (Fsp3) is 0.462. The molecule has 1 aromatic carbocycles. The molecule has 0 aromatic heterocycles. The average Bonchev–Trinajstić information content (AvgIpc) is 2.76. The van der Waals surface area contributed by atoms with Gasteiger partial charge < -0.3 is 11.1 Å². The summed E-state index contributed by atoms with van der Waals surface area (Å²) in [5, 5.41) is 2.94. The molecule has 0 heterocycles. The average molecular weight is 253 g/mol. The summed E-state index contributed by atoms with van der Waals surface area (Å²) in [7, 11) is 0. The van der Waals surface area contributed by atoms with E-state index >= 15 is 0 Å². The summed E-state index contributed by atoms with van der Waals surface area (Å²) in [6, 6.07) is 7.42. The summed E-state index contributed by atoms with van der Waals surface area (Å²) in [6.45, 7) is 0. The van der Waals surface area contributed by atoms with E-state index in [0.29, 0.717) is 17.5 Å². The lowest BCUT2D eigenvalue weighted by Gasteiger charge is -2.08. The highest BCUT2D eigenvalue weighted by Gasteiger charge is 2.56. The molecule has 1 amide bonds. The summed E-state index contributed by atoms with van der Waals surface area (Å²) < 4.78 is 0.